The molecule has 8 heteroatoms. The SMILES string of the molecule is FC(F)(F)Oc1cccc(CN2CCc3c(ncnc3NCC34CC5CC(CC(C5)C3)C4)C2)c1. The molecule has 0 amide bonds. The van der Waals surface area contributed by atoms with Gasteiger partial charge in [-0.3, -0.25) is 4.90 Å². The molecule has 2 heterocycles. The van der Waals surface area contributed by atoms with Gasteiger partial charge in [0.05, 0.1) is 5.69 Å². The van der Waals surface area contributed by atoms with E-state index in [1.54, 1.807) is 12.4 Å². The molecule has 1 aliphatic heterocycles. The summed E-state index contributed by atoms with van der Waals surface area (Å²) in [5.41, 5.74) is 3.44. The molecule has 4 bridgehead atoms. The minimum absolute atomic E-state index is 0.180. The molecule has 1 N–H and O–H groups in total. The van der Waals surface area contributed by atoms with Gasteiger partial charge in [-0.05, 0) is 85.8 Å². The zero-order valence-corrected chi connectivity index (χ0v) is 19.3. The molecule has 5 aliphatic rings. The third-order valence-electron chi connectivity index (χ3n) is 8.42. The Labute approximate surface area is 198 Å². The number of nitrogens with zero attached hydrogens (tertiary/aromatic N) is 3. The molecule has 7 rings (SSSR count). The van der Waals surface area contributed by atoms with Crippen molar-refractivity contribution in [1.29, 1.82) is 0 Å². The quantitative estimate of drug-likeness (QED) is 0.596. The van der Waals surface area contributed by atoms with Crippen LogP contribution in [0.3, 0.4) is 0 Å². The summed E-state index contributed by atoms with van der Waals surface area (Å²) in [6, 6.07) is 6.22. The van der Waals surface area contributed by atoms with Crippen LogP contribution in [0.2, 0.25) is 0 Å². The summed E-state index contributed by atoms with van der Waals surface area (Å²) >= 11 is 0. The Morgan fingerprint density at radius 1 is 1.06 bits per heavy atom. The van der Waals surface area contributed by atoms with Gasteiger partial charge in [0.25, 0.3) is 0 Å². The van der Waals surface area contributed by atoms with Gasteiger partial charge in [0.2, 0.25) is 0 Å². The molecule has 0 spiro atoms. The van der Waals surface area contributed by atoms with Crippen molar-refractivity contribution in [3.05, 3.63) is 47.4 Å². The van der Waals surface area contributed by atoms with E-state index in [0.29, 0.717) is 18.5 Å². The monoisotopic (exact) mass is 472 g/mol. The fourth-order valence-corrected chi connectivity index (χ4v) is 7.57. The molecule has 0 radical (unpaired) electrons. The standard InChI is InChI=1S/C26H31F3N4O/c27-26(28,29)34-21-3-1-2-17(9-21)13-33-5-4-22-23(14-33)31-16-32-24(22)30-15-25-10-18-6-19(11-25)8-20(7-18)12-25/h1-3,9,16,18-20H,4-8,10-15H2,(H,30,31,32). The van der Waals surface area contributed by atoms with Gasteiger partial charge >= 0.3 is 6.36 Å². The second-order valence-electron chi connectivity index (χ2n) is 11.1. The van der Waals surface area contributed by atoms with Crippen molar-refractivity contribution < 1.29 is 17.9 Å². The highest BCUT2D eigenvalue weighted by Crippen LogP contribution is 2.59. The van der Waals surface area contributed by atoms with Crippen LogP contribution in [0.15, 0.2) is 30.6 Å². The summed E-state index contributed by atoms with van der Waals surface area (Å²) < 4.78 is 41.7. The zero-order chi connectivity index (χ0) is 23.3. The number of rotatable bonds is 6. The number of hydrogen-bond donors (Lipinski definition) is 1. The zero-order valence-electron chi connectivity index (χ0n) is 19.3. The van der Waals surface area contributed by atoms with Gasteiger partial charge in [0.15, 0.2) is 0 Å². The average Bonchev–Trinajstić information content (AvgIpc) is 2.76. The maximum Gasteiger partial charge on any atom is 0.573 e. The summed E-state index contributed by atoms with van der Waals surface area (Å²) in [4.78, 5) is 11.4. The normalized spacial score (nSPS) is 30.3. The predicted molar refractivity (Wildman–Crippen MR) is 122 cm³/mol. The molecule has 5 nitrogen and oxygen atoms in total. The van der Waals surface area contributed by atoms with Gasteiger partial charge in [0, 0.05) is 31.7 Å². The minimum atomic E-state index is -4.68. The average molecular weight is 473 g/mol. The molecule has 2 aromatic rings. The highest BCUT2D eigenvalue weighted by molar-refractivity contribution is 5.47. The van der Waals surface area contributed by atoms with Crippen molar-refractivity contribution in [2.24, 2.45) is 23.2 Å². The molecule has 1 aromatic heterocycles. The maximum atomic E-state index is 12.6. The van der Waals surface area contributed by atoms with Gasteiger partial charge in [0.1, 0.15) is 17.9 Å². The number of aromatic nitrogens is 2. The van der Waals surface area contributed by atoms with E-state index in [4.69, 9.17) is 0 Å². The van der Waals surface area contributed by atoms with E-state index in [2.05, 4.69) is 24.9 Å². The molecule has 0 saturated heterocycles. The van der Waals surface area contributed by atoms with Crippen LogP contribution in [-0.2, 0) is 19.5 Å². The van der Waals surface area contributed by atoms with Crippen molar-refractivity contribution >= 4 is 5.82 Å². The topological polar surface area (TPSA) is 50.3 Å². The Hall–Kier alpha value is -2.35. The molecule has 0 unspecified atom stereocenters. The molecule has 182 valence electrons. The lowest BCUT2D eigenvalue weighted by Crippen LogP contribution is -2.49. The molecule has 4 fully saturated rings. The Morgan fingerprint density at radius 2 is 1.79 bits per heavy atom. The highest BCUT2D eigenvalue weighted by Gasteiger charge is 2.50. The fraction of sp³-hybridized carbons (Fsp3) is 0.615. The number of nitrogens with one attached hydrogen (secondary N) is 1. The first-order chi connectivity index (χ1) is 16.3. The van der Waals surface area contributed by atoms with Gasteiger partial charge in [-0.2, -0.15) is 0 Å². The van der Waals surface area contributed by atoms with Crippen molar-refractivity contribution in [2.45, 2.75) is 64.4 Å². The van der Waals surface area contributed by atoms with Gasteiger partial charge in [-0.1, -0.05) is 12.1 Å². The number of alkyl halides is 3. The van der Waals surface area contributed by atoms with E-state index < -0.39 is 6.36 Å². The van der Waals surface area contributed by atoms with Crippen LogP contribution in [0.5, 0.6) is 5.75 Å². The molecular weight excluding hydrogens is 441 g/mol. The number of anilines is 1. The van der Waals surface area contributed by atoms with Crippen molar-refractivity contribution in [2.75, 3.05) is 18.4 Å². The van der Waals surface area contributed by atoms with E-state index in [9.17, 15) is 13.2 Å². The Bertz CT molecular complexity index is 1020. The van der Waals surface area contributed by atoms with Gasteiger partial charge < -0.3 is 10.1 Å². The Kier molecular flexibility index (Phi) is 5.47. The second kappa shape index (κ2) is 8.40. The predicted octanol–water partition coefficient (Wildman–Crippen LogP) is 5.56. The first-order valence-corrected chi connectivity index (χ1v) is 12.5. The molecule has 1 aromatic carbocycles. The largest absolute Gasteiger partial charge is 0.573 e. The summed E-state index contributed by atoms with van der Waals surface area (Å²) in [5.74, 6) is 3.59. The summed E-state index contributed by atoms with van der Waals surface area (Å²) in [6.07, 6.45) is 6.23. The van der Waals surface area contributed by atoms with E-state index in [0.717, 1.165) is 54.3 Å². The number of benzene rings is 1. The Morgan fingerprint density at radius 3 is 2.50 bits per heavy atom. The minimum Gasteiger partial charge on any atom is -0.406 e. The van der Waals surface area contributed by atoms with Gasteiger partial charge in [-0.15, -0.1) is 13.2 Å². The van der Waals surface area contributed by atoms with E-state index in [-0.39, 0.29) is 5.75 Å². The number of fused-ring (bicyclic) bond motifs is 1. The van der Waals surface area contributed by atoms with Crippen LogP contribution in [0.4, 0.5) is 19.0 Å². The van der Waals surface area contributed by atoms with Crippen molar-refractivity contribution in [3.8, 4) is 5.75 Å². The van der Waals surface area contributed by atoms with Crippen LogP contribution < -0.4 is 10.1 Å². The molecular formula is C26H31F3N4O. The summed E-state index contributed by atoms with van der Waals surface area (Å²) in [7, 11) is 0. The van der Waals surface area contributed by atoms with Crippen LogP contribution in [0.1, 0.15) is 55.3 Å². The highest BCUT2D eigenvalue weighted by atomic mass is 19.4. The lowest BCUT2D eigenvalue weighted by molar-refractivity contribution is -0.274. The van der Waals surface area contributed by atoms with Crippen LogP contribution in [0, 0.1) is 23.2 Å². The molecule has 34 heavy (non-hydrogen) atoms. The lowest BCUT2D eigenvalue weighted by Gasteiger charge is -2.57. The molecule has 4 aliphatic carbocycles. The van der Waals surface area contributed by atoms with Gasteiger partial charge in [-0.25, -0.2) is 9.97 Å². The van der Waals surface area contributed by atoms with Crippen LogP contribution >= 0.6 is 0 Å². The van der Waals surface area contributed by atoms with Crippen molar-refractivity contribution in [3.63, 3.8) is 0 Å². The number of ether oxygens (including phenoxy) is 1. The number of halogens is 3. The first-order valence-electron chi connectivity index (χ1n) is 12.5. The Balaban J connectivity index is 1.11. The smallest absolute Gasteiger partial charge is 0.406 e. The third-order valence-corrected chi connectivity index (χ3v) is 8.42. The first kappa shape index (κ1) is 22.1. The second-order valence-corrected chi connectivity index (χ2v) is 11.1. The fourth-order valence-electron chi connectivity index (χ4n) is 7.57. The van der Waals surface area contributed by atoms with E-state index >= 15 is 0 Å². The summed E-state index contributed by atoms with van der Waals surface area (Å²) in [5, 5.41) is 3.73. The number of hydrogen-bond acceptors (Lipinski definition) is 5. The molecule has 4 saturated carbocycles. The van der Waals surface area contributed by atoms with Crippen LogP contribution in [-0.4, -0.2) is 34.3 Å². The lowest BCUT2D eigenvalue weighted by atomic mass is 9.49. The van der Waals surface area contributed by atoms with E-state index in [1.165, 1.54) is 56.2 Å². The molecule has 0 atom stereocenters. The summed E-state index contributed by atoms with van der Waals surface area (Å²) in [6.45, 7) is 3.04. The third kappa shape index (κ3) is 4.61. The van der Waals surface area contributed by atoms with Crippen LogP contribution in [0.25, 0.3) is 0 Å². The van der Waals surface area contributed by atoms with Crippen molar-refractivity contribution in [1.82, 2.24) is 14.9 Å². The van der Waals surface area contributed by atoms with E-state index in [1.807, 2.05) is 6.07 Å². The maximum absolute atomic E-state index is 12.6.